The second-order valence-electron chi connectivity index (χ2n) is 6.75. The minimum atomic E-state index is 0.0664. The molecule has 0 radical (unpaired) electrons. The smallest absolute Gasteiger partial charge is 0.260 e. The molecule has 0 unspecified atom stereocenters. The number of nitrogens with zero attached hydrogens (tertiary/aromatic N) is 2. The van der Waals surface area contributed by atoms with Gasteiger partial charge in [-0.1, -0.05) is 42.0 Å². The van der Waals surface area contributed by atoms with Crippen LogP contribution in [-0.2, 0) is 11.3 Å². The predicted octanol–water partition coefficient (Wildman–Crippen LogP) is 3.03. The molecule has 0 bridgehead atoms. The van der Waals surface area contributed by atoms with E-state index >= 15 is 0 Å². The lowest BCUT2D eigenvalue weighted by molar-refractivity contribution is -0.135. The summed E-state index contributed by atoms with van der Waals surface area (Å²) in [5, 5.41) is 0. The van der Waals surface area contributed by atoms with Gasteiger partial charge in [-0.05, 0) is 37.1 Å². The first-order valence-corrected chi connectivity index (χ1v) is 8.85. The van der Waals surface area contributed by atoms with Gasteiger partial charge < -0.3 is 9.64 Å². The van der Waals surface area contributed by atoms with Crippen LogP contribution in [0.4, 0.5) is 0 Å². The maximum Gasteiger partial charge on any atom is 0.260 e. The molecule has 25 heavy (non-hydrogen) atoms. The van der Waals surface area contributed by atoms with E-state index in [-0.39, 0.29) is 12.5 Å². The quantitative estimate of drug-likeness (QED) is 0.840. The monoisotopic (exact) mass is 338 g/mol. The lowest BCUT2D eigenvalue weighted by Crippen LogP contribution is -2.49. The van der Waals surface area contributed by atoms with Gasteiger partial charge in [0.25, 0.3) is 5.91 Å². The molecule has 0 spiro atoms. The Labute approximate surface area is 150 Å². The molecule has 1 heterocycles. The summed E-state index contributed by atoms with van der Waals surface area (Å²) in [7, 11) is 0. The summed E-state index contributed by atoms with van der Waals surface area (Å²) in [6, 6.07) is 16.4. The first kappa shape index (κ1) is 17.5. The third-order valence-electron chi connectivity index (χ3n) is 4.57. The fourth-order valence-electron chi connectivity index (χ4n) is 3.17. The van der Waals surface area contributed by atoms with E-state index in [0.717, 1.165) is 44.0 Å². The summed E-state index contributed by atoms with van der Waals surface area (Å²) in [5.41, 5.74) is 3.76. The molecule has 1 aliphatic heterocycles. The van der Waals surface area contributed by atoms with Crippen LogP contribution in [0.25, 0.3) is 0 Å². The average Bonchev–Trinajstić information content (AvgIpc) is 2.60. The molecule has 1 fully saturated rings. The first-order chi connectivity index (χ1) is 12.1. The van der Waals surface area contributed by atoms with Crippen molar-refractivity contribution in [3.8, 4) is 5.75 Å². The summed E-state index contributed by atoms with van der Waals surface area (Å²) in [5.74, 6) is 0.822. The number of hydrogen-bond acceptors (Lipinski definition) is 3. The number of aryl methyl sites for hydroxylation is 2. The van der Waals surface area contributed by atoms with Crippen LogP contribution in [0.5, 0.6) is 5.75 Å². The topological polar surface area (TPSA) is 32.8 Å². The Kier molecular flexibility index (Phi) is 5.71. The Balaban J connectivity index is 1.44. The molecule has 0 aromatic heterocycles. The normalized spacial score (nSPS) is 15.2. The van der Waals surface area contributed by atoms with Gasteiger partial charge in [-0.2, -0.15) is 0 Å². The molecule has 2 aromatic rings. The molecule has 1 aliphatic rings. The fourth-order valence-corrected chi connectivity index (χ4v) is 3.17. The number of amides is 1. The SMILES string of the molecule is Cc1cccc(CN2CCN(C(=O)COc3cccc(C)c3)CC2)c1. The molecule has 0 saturated carbocycles. The summed E-state index contributed by atoms with van der Waals surface area (Å²) < 4.78 is 5.63. The van der Waals surface area contributed by atoms with E-state index in [9.17, 15) is 4.79 Å². The van der Waals surface area contributed by atoms with Crippen molar-refractivity contribution in [2.45, 2.75) is 20.4 Å². The molecule has 1 saturated heterocycles. The first-order valence-electron chi connectivity index (χ1n) is 8.85. The lowest BCUT2D eigenvalue weighted by Gasteiger charge is -2.34. The molecule has 132 valence electrons. The van der Waals surface area contributed by atoms with Crippen molar-refractivity contribution < 1.29 is 9.53 Å². The van der Waals surface area contributed by atoms with Crippen LogP contribution in [0, 0.1) is 13.8 Å². The number of hydrogen-bond donors (Lipinski definition) is 0. The van der Waals surface area contributed by atoms with Crippen molar-refractivity contribution >= 4 is 5.91 Å². The Morgan fingerprint density at radius 1 is 0.960 bits per heavy atom. The van der Waals surface area contributed by atoms with Crippen molar-refractivity contribution in [3.63, 3.8) is 0 Å². The van der Waals surface area contributed by atoms with Gasteiger partial charge in [0.2, 0.25) is 0 Å². The van der Waals surface area contributed by atoms with Gasteiger partial charge in [0, 0.05) is 32.7 Å². The number of carbonyl (C=O) groups is 1. The number of ether oxygens (including phenoxy) is 1. The van der Waals surface area contributed by atoms with Crippen LogP contribution in [0.15, 0.2) is 48.5 Å². The highest BCUT2D eigenvalue weighted by atomic mass is 16.5. The van der Waals surface area contributed by atoms with Gasteiger partial charge in [-0.3, -0.25) is 9.69 Å². The molecular formula is C21H26N2O2. The van der Waals surface area contributed by atoms with Gasteiger partial charge in [0.15, 0.2) is 6.61 Å². The van der Waals surface area contributed by atoms with E-state index < -0.39 is 0 Å². The van der Waals surface area contributed by atoms with E-state index in [1.807, 2.05) is 36.1 Å². The summed E-state index contributed by atoms with van der Waals surface area (Å²) in [4.78, 5) is 16.7. The minimum Gasteiger partial charge on any atom is -0.484 e. The maximum atomic E-state index is 12.3. The zero-order valence-corrected chi connectivity index (χ0v) is 15.1. The Morgan fingerprint density at radius 2 is 1.64 bits per heavy atom. The Morgan fingerprint density at radius 3 is 2.32 bits per heavy atom. The summed E-state index contributed by atoms with van der Waals surface area (Å²) in [6.45, 7) is 8.54. The second-order valence-corrected chi connectivity index (χ2v) is 6.75. The highest BCUT2D eigenvalue weighted by molar-refractivity contribution is 5.77. The molecule has 3 rings (SSSR count). The van der Waals surface area contributed by atoms with E-state index in [2.05, 4.69) is 36.1 Å². The van der Waals surface area contributed by atoms with Crippen molar-refractivity contribution in [3.05, 3.63) is 65.2 Å². The molecule has 0 N–H and O–H groups in total. The van der Waals surface area contributed by atoms with Gasteiger partial charge in [0.1, 0.15) is 5.75 Å². The number of rotatable bonds is 5. The largest absolute Gasteiger partial charge is 0.484 e. The van der Waals surface area contributed by atoms with Crippen molar-refractivity contribution in [1.29, 1.82) is 0 Å². The summed E-state index contributed by atoms with van der Waals surface area (Å²) >= 11 is 0. The third-order valence-corrected chi connectivity index (χ3v) is 4.57. The van der Waals surface area contributed by atoms with E-state index in [0.29, 0.717) is 0 Å². The van der Waals surface area contributed by atoms with Crippen LogP contribution in [-0.4, -0.2) is 48.5 Å². The molecule has 0 aliphatic carbocycles. The number of piperazine rings is 1. The fraction of sp³-hybridized carbons (Fsp3) is 0.381. The predicted molar refractivity (Wildman–Crippen MR) is 99.7 cm³/mol. The van der Waals surface area contributed by atoms with Crippen LogP contribution in [0.2, 0.25) is 0 Å². The number of benzene rings is 2. The standard InChI is InChI=1S/C21H26N2O2/c1-17-5-3-7-19(13-17)15-22-9-11-23(12-10-22)21(24)16-25-20-8-4-6-18(2)14-20/h3-8,13-14H,9-12,15-16H2,1-2H3. The average molecular weight is 338 g/mol. The van der Waals surface area contributed by atoms with Gasteiger partial charge in [-0.25, -0.2) is 0 Å². The van der Waals surface area contributed by atoms with E-state index in [4.69, 9.17) is 4.74 Å². The third kappa shape index (κ3) is 5.07. The molecule has 1 amide bonds. The zero-order valence-electron chi connectivity index (χ0n) is 15.1. The van der Waals surface area contributed by atoms with Crippen molar-refractivity contribution in [2.75, 3.05) is 32.8 Å². The van der Waals surface area contributed by atoms with Gasteiger partial charge in [0.05, 0.1) is 0 Å². The van der Waals surface area contributed by atoms with Gasteiger partial charge >= 0.3 is 0 Å². The Hall–Kier alpha value is -2.33. The Bertz CT molecular complexity index is 721. The maximum absolute atomic E-state index is 12.3. The summed E-state index contributed by atoms with van der Waals surface area (Å²) in [6.07, 6.45) is 0. The minimum absolute atomic E-state index is 0.0664. The molecule has 2 aromatic carbocycles. The zero-order chi connectivity index (χ0) is 17.6. The van der Waals surface area contributed by atoms with E-state index in [1.165, 1.54) is 11.1 Å². The highest BCUT2D eigenvalue weighted by Gasteiger charge is 2.21. The van der Waals surface area contributed by atoms with Crippen molar-refractivity contribution in [2.24, 2.45) is 0 Å². The molecular weight excluding hydrogens is 312 g/mol. The van der Waals surface area contributed by atoms with Crippen LogP contribution < -0.4 is 4.74 Å². The van der Waals surface area contributed by atoms with Crippen molar-refractivity contribution in [1.82, 2.24) is 9.80 Å². The molecule has 4 heteroatoms. The number of carbonyl (C=O) groups excluding carboxylic acids is 1. The van der Waals surface area contributed by atoms with Crippen LogP contribution in [0.1, 0.15) is 16.7 Å². The molecule has 4 nitrogen and oxygen atoms in total. The van der Waals surface area contributed by atoms with E-state index in [1.54, 1.807) is 0 Å². The van der Waals surface area contributed by atoms with Crippen LogP contribution in [0.3, 0.4) is 0 Å². The highest BCUT2D eigenvalue weighted by Crippen LogP contribution is 2.13. The molecule has 0 atom stereocenters. The van der Waals surface area contributed by atoms with Gasteiger partial charge in [-0.15, -0.1) is 0 Å². The second kappa shape index (κ2) is 8.17. The van der Waals surface area contributed by atoms with Crippen LogP contribution >= 0.6 is 0 Å². The lowest BCUT2D eigenvalue weighted by atomic mass is 10.1.